The Morgan fingerprint density at radius 1 is 1.25 bits per heavy atom. The number of hydrogen-bond acceptors (Lipinski definition) is 2. The summed E-state index contributed by atoms with van der Waals surface area (Å²) in [5, 5.41) is 0.355. The van der Waals surface area contributed by atoms with Crippen LogP contribution in [0.1, 0.15) is 5.56 Å². The number of nitrogens with zero attached hydrogens (tertiary/aromatic N) is 1. The number of nitrogens with two attached hydrogens (primary N) is 1. The first kappa shape index (κ1) is 10.9. The summed E-state index contributed by atoms with van der Waals surface area (Å²) >= 11 is 5.79. The van der Waals surface area contributed by atoms with Crippen molar-refractivity contribution in [2.75, 3.05) is 5.73 Å². The first-order valence-corrected chi connectivity index (χ1v) is 5.12. The Balaban J connectivity index is 2.58. The highest BCUT2D eigenvalue weighted by Gasteiger charge is 2.06. The van der Waals surface area contributed by atoms with Crippen molar-refractivity contribution in [2.24, 2.45) is 0 Å². The molecular weight excluding hydrogens is 227 g/mol. The van der Waals surface area contributed by atoms with Gasteiger partial charge in [-0.1, -0.05) is 11.6 Å². The first-order chi connectivity index (χ1) is 7.56. The highest BCUT2D eigenvalue weighted by molar-refractivity contribution is 6.30. The summed E-state index contributed by atoms with van der Waals surface area (Å²) in [6.07, 6.45) is 1.54. The van der Waals surface area contributed by atoms with Crippen LogP contribution in [0.5, 0.6) is 0 Å². The highest BCUT2D eigenvalue weighted by Crippen LogP contribution is 2.26. The fourth-order valence-electron chi connectivity index (χ4n) is 1.59. The van der Waals surface area contributed by atoms with Crippen LogP contribution < -0.4 is 5.73 Å². The van der Waals surface area contributed by atoms with E-state index in [4.69, 9.17) is 17.3 Å². The Morgan fingerprint density at radius 3 is 2.62 bits per heavy atom. The number of aromatic nitrogens is 1. The van der Waals surface area contributed by atoms with E-state index in [1.54, 1.807) is 18.3 Å². The number of hydrogen-bond donors (Lipinski definition) is 1. The quantitative estimate of drug-likeness (QED) is 0.824. The second kappa shape index (κ2) is 4.10. The predicted octanol–water partition coefficient (Wildman–Crippen LogP) is 3.43. The van der Waals surface area contributed by atoms with Crippen molar-refractivity contribution in [3.05, 3.63) is 46.9 Å². The van der Waals surface area contributed by atoms with E-state index in [2.05, 4.69) is 4.98 Å². The number of nitrogen functional groups attached to an aromatic ring is 1. The molecule has 0 aliphatic heterocycles. The maximum absolute atomic E-state index is 13.2. The molecule has 0 unspecified atom stereocenters. The lowest BCUT2D eigenvalue weighted by atomic mass is 10.1. The molecule has 2 nitrogen and oxygen atoms in total. The molecule has 2 aromatic rings. The Morgan fingerprint density at radius 2 is 2.00 bits per heavy atom. The van der Waals surface area contributed by atoms with Crippen molar-refractivity contribution < 1.29 is 4.39 Å². The van der Waals surface area contributed by atoms with Crippen LogP contribution >= 0.6 is 11.6 Å². The highest BCUT2D eigenvalue weighted by atomic mass is 35.5. The lowest BCUT2D eigenvalue weighted by Crippen LogP contribution is -1.93. The molecule has 16 heavy (non-hydrogen) atoms. The zero-order valence-electron chi connectivity index (χ0n) is 8.67. The monoisotopic (exact) mass is 236 g/mol. The van der Waals surface area contributed by atoms with Gasteiger partial charge in [0.1, 0.15) is 5.82 Å². The zero-order valence-corrected chi connectivity index (χ0v) is 9.42. The number of anilines is 1. The van der Waals surface area contributed by atoms with Crippen LogP contribution in [0.25, 0.3) is 11.3 Å². The second-order valence-corrected chi connectivity index (χ2v) is 4.03. The minimum Gasteiger partial charge on any atom is -0.397 e. The van der Waals surface area contributed by atoms with Crippen molar-refractivity contribution >= 4 is 17.3 Å². The summed E-state index contributed by atoms with van der Waals surface area (Å²) in [5.41, 5.74) is 8.43. The third kappa shape index (κ3) is 2.14. The average molecular weight is 237 g/mol. The van der Waals surface area contributed by atoms with Crippen molar-refractivity contribution in [1.82, 2.24) is 4.98 Å². The van der Waals surface area contributed by atoms with Gasteiger partial charge >= 0.3 is 0 Å². The van der Waals surface area contributed by atoms with Crippen LogP contribution in [0.15, 0.2) is 30.5 Å². The number of pyridine rings is 1. The fraction of sp³-hybridized carbons (Fsp3) is 0.0833. The Bertz CT molecular complexity index is 520. The molecule has 4 heteroatoms. The van der Waals surface area contributed by atoms with Crippen molar-refractivity contribution in [2.45, 2.75) is 6.92 Å². The Kier molecular flexibility index (Phi) is 2.79. The van der Waals surface area contributed by atoms with Crippen LogP contribution in [0.3, 0.4) is 0 Å². The predicted molar refractivity (Wildman–Crippen MR) is 63.8 cm³/mol. The summed E-state index contributed by atoms with van der Waals surface area (Å²) in [5.74, 6) is -0.375. The molecule has 0 aliphatic carbocycles. The van der Waals surface area contributed by atoms with E-state index in [1.807, 2.05) is 6.92 Å². The van der Waals surface area contributed by atoms with Crippen molar-refractivity contribution in [3.8, 4) is 11.3 Å². The molecule has 1 heterocycles. The van der Waals surface area contributed by atoms with Gasteiger partial charge in [-0.05, 0) is 36.8 Å². The summed E-state index contributed by atoms with van der Waals surface area (Å²) < 4.78 is 13.2. The molecule has 1 aromatic carbocycles. The standard InChI is InChI=1S/C12H10ClFN2/c1-7-2-11(15)6-16-12(7)8-3-9(13)5-10(14)4-8/h2-6H,15H2,1H3. The topological polar surface area (TPSA) is 38.9 Å². The molecule has 0 atom stereocenters. The van der Waals surface area contributed by atoms with Crippen molar-refractivity contribution in [1.29, 1.82) is 0 Å². The van der Waals surface area contributed by atoms with E-state index in [9.17, 15) is 4.39 Å². The van der Waals surface area contributed by atoms with Gasteiger partial charge in [0.2, 0.25) is 0 Å². The SMILES string of the molecule is Cc1cc(N)cnc1-c1cc(F)cc(Cl)c1. The molecule has 0 aliphatic rings. The molecular formula is C12H10ClFN2. The lowest BCUT2D eigenvalue weighted by molar-refractivity contribution is 0.628. The van der Waals surface area contributed by atoms with Crippen LogP contribution in [0.2, 0.25) is 5.02 Å². The molecule has 0 spiro atoms. The molecule has 0 radical (unpaired) electrons. The molecule has 0 saturated heterocycles. The lowest BCUT2D eigenvalue weighted by Gasteiger charge is -2.06. The summed E-state index contributed by atoms with van der Waals surface area (Å²) in [6, 6.07) is 6.13. The van der Waals surface area contributed by atoms with Gasteiger partial charge in [0.05, 0.1) is 17.6 Å². The Hall–Kier alpha value is -1.61. The molecule has 1 aromatic heterocycles. The van der Waals surface area contributed by atoms with Crippen LogP contribution in [0, 0.1) is 12.7 Å². The van der Waals surface area contributed by atoms with Crippen LogP contribution in [0.4, 0.5) is 10.1 Å². The minimum absolute atomic E-state index is 0.355. The number of aryl methyl sites for hydroxylation is 1. The van der Waals surface area contributed by atoms with Gasteiger partial charge in [-0.25, -0.2) is 4.39 Å². The van der Waals surface area contributed by atoms with E-state index in [0.717, 1.165) is 5.56 Å². The number of benzene rings is 1. The van der Waals surface area contributed by atoms with E-state index >= 15 is 0 Å². The molecule has 82 valence electrons. The van der Waals surface area contributed by atoms with E-state index in [0.29, 0.717) is 22.0 Å². The van der Waals surface area contributed by atoms with Crippen molar-refractivity contribution in [3.63, 3.8) is 0 Å². The van der Waals surface area contributed by atoms with Gasteiger partial charge in [-0.15, -0.1) is 0 Å². The molecule has 2 rings (SSSR count). The smallest absolute Gasteiger partial charge is 0.125 e. The fourth-order valence-corrected chi connectivity index (χ4v) is 1.81. The van der Waals surface area contributed by atoms with E-state index < -0.39 is 0 Å². The van der Waals surface area contributed by atoms with Crippen LogP contribution in [-0.4, -0.2) is 4.98 Å². The zero-order chi connectivity index (χ0) is 11.7. The molecule has 2 N–H and O–H groups in total. The molecule has 0 amide bonds. The molecule has 0 saturated carbocycles. The second-order valence-electron chi connectivity index (χ2n) is 3.59. The molecule has 0 fully saturated rings. The number of rotatable bonds is 1. The first-order valence-electron chi connectivity index (χ1n) is 4.75. The average Bonchev–Trinajstić information content (AvgIpc) is 2.15. The van der Waals surface area contributed by atoms with E-state index in [-0.39, 0.29) is 5.82 Å². The van der Waals surface area contributed by atoms with Gasteiger partial charge < -0.3 is 5.73 Å². The molecule has 0 bridgehead atoms. The van der Waals surface area contributed by atoms with Gasteiger partial charge in [0.15, 0.2) is 0 Å². The summed E-state index contributed by atoms with van der Waals surface area (Å²) in [4.78, 5) is 4.18. The third-order valence-electron chi connectivity index (χ3n) is 2.24. The van der Waals surface area contributed by atoms with Gasteiger partial charge in [-0.3, -0.25) is 4.98 Å². The van der Waals surface area contributed by atoms with Gasteiger partial charge in [0, 0.05) is 10.6 Å². The maximum atomic E-state index is 13.2. The number of halogens is 2. The summed E-state index contributed by atoms with van der Waals surface area (Å²) in [7, 11) is 0. The van der Waals surface area contributed by atoms with Gasteiger partial charge in [0.25, 0.3) is 0 Å². The normalized spacial score (nSPS) is 10.4. The maximum Gasteiger partial charge on any atom is 0.125 e. The van der Waals surface area contributed by atoms with Crippen LogP contribution in [-0.2, 0) is 0 Å². The largest absolute Gasteiger partial charge is 0.397 e. The summed E-state index contributed by atoms with van der Waals surface area (Å²) in [6.45, 7) is 1.87. The minimum atomic E-state index is -0.375. The third-order valence-corrected chi connectivity index (χ3v) is 2.45. The Labute approximate surface area is 97.9 Å². The van der Waals surface area contributed by atoms with Gasteiger partial charge in [-0.2, -0.15) is 0 Å². The van der Waals surface area contributed by atoms with E-state index in [1.165, 1.54) is 12.1 Å².